The fourth-order valence-electron chi connectivity index (χ4n) is 2.51. The summed E-state index contributed by atoms with van der Waals surface area (Å²) >= 11 is 0. The number of carbonyl (C=O) groups excluding carboxylic acids is 3. The first-order valence-corrected chi connectivity index (χ1v) is 6.13. The van der Waals surface area contributed by atoms with Crippen LogP contribution in [0.15, 0.2) is 36.4 Å². The van der Waals surface area contributed by atoms with Gasteiger partial charge in [0.1, 0.15) is 0 Å². The Labute approximate surface area is 114 Å². The molecular formula is C15H10NO4-. The molecule has 1 aliphatic rings. The predicted molar refractivity (Wildman–Crippen MR) is 68.9 cm³/mol. The SMILES string of the molecule is C[C@@H](C(=O)[O-])N1C(=O)c2cccc3cccc(c23)C1=O. The van der Waals surface area contributed by atoms with Gasteiger partial charge >= 0.3 is 0 Å². The minimum absolute atomic E-state index is 0.339. The molecule has 0 radical (unpaired) electrons. The Hall–Kier alpha value is -2.69. The third-order valence-electron chi connectivity index (χ3n) is 3.53. The molecule has 0 unspecified atom stereocenters. The standard InChI is InChI=1S/C15H11NO4/c1-8(15(19)20)16-13(17)10-6-2-4-9-5-3-7-11(12(9)10)14(16)18/h2-8H,1H3,(H,19,20)/p-1/t8-/m0/s1. The van der Waals surface area contributed by atoms with Crippen LogP contribution in [0.25, 0.3) is 10.8 Å². The number of hydrogen-bond donors (Lipinski definition) is 0. The monoisotopic (exact) mass is 268 g/mol. The van der Waals surface area contributed by atoms with Gasteiger partial charge in [-0.15, -0.1) is 0 Å². The van der Waals surface area contributed by atoms with Crippen LogP contribution in [0.5, 0.6) is 0 Å². The molecule has 0 fully saturated rings. The van der Waals surface area contributed by atoms with Gasteiger partial charge in [-0.25, -0.2) is 0 Å². The summed E-state index contributed by atoms with van der Waals surface area (Å²) in [4.78, 5) is 36.5. The minimum Gasteiger partial charge on any atom is -0.548 e. The topological polar surface area (TPSA) is 77.5 Å². The number of nitrogens with zero attached hydrogens (tertiary/aromatic N) is 1. The molecule has 0 aliphatic carbocycles. The van der Waals surface area contributed by atoms with E-state index in [4.69, 9.17) is 0 Å². The number of carbonyl (C=O) groups is 3. The van der Waals surface area contributed by atoms with Crippen LogP contribution in [0.1, 0.15) is 27.6 Å². The van der Waals surface area contributed by atoms with Crippen molar-refractivity contribution < 1.29 is 19.5 Å². The van der Waals surface area contributed by atoms with Crippen LogP contribution >= 0.6 is 0 Å². The van der Waals surface area contributed by atoms with E-state index in [1.165, 1.54) is 6.92 Å². The van der Waals surface area contributed by atoms with Crippen molar-refractivity contribution in [3.05, 3.63) is 47.5 Å². The van der Waals surface area contributed by atoms with Gasteiger partial charge < -0.3 is 9.90 Å². The Balaban J connectivity index is 2.29. The van der Waals surface area contributed by atoms with Crippen molar-refractivity contribution in [1.29, 1.82) is 0 Å². The summed E-state index contributed by atoms with van der Waals surface area (Å²) in [6.45, 7) is 1.26. The lowest BCUT2D eigenvalue weighted by atomic mass is 9.93. The molecule has 20 heavy (non-hydrogen) atoms. The molecule has 3 rings (SSSR count). The molecule has 1 heterocycles. The molecule has 100 valence electrons. The van der Waals surface area contributed by atoms with Gasteiger partial charge in [0.05, 0.1) is 12.0 Å². The maximum atomic E-state index is 12.4. The minimum atomic E-state index is -1.46. The Bertz CT molecular complexity index is 715. The van der Waals surface area contributed by atoms with Gasteiger partial charge in [0.25, 0.3) is 11.8 Å². The van der Waals surface area contributed by atoms with E-state index in [9.17, 15) is 19.5 Å². The average molecular weight is 268 g/mol. The van der Waals surface area contributed by atoms with Crippen molar-refractivity contribution in [3.8, 4) is 0 Å². The van der Waals surface area contributed by atoms with E-state index < -0.39 is 23.8 Å². The highest BCUT2D eigenvalue weighted by molar-refractivity contribution is 6.26. The second-order valence-electron chi connectivity index (χ2n) is 4.68. The van der Waals surface area contributed by atoms with Gasteiger partial charge in [-0.05, 0) is 24.4 Å². The Morgan fingerprint density at radius 3 is 2.00 bits per heavy atom. The van der Waals surface area contributed by atoms with E-state index in [0.717, 1.165) is 10.3 Å². The highest BCUT2D eigenvalue weighted by Gasteiger charge is 2.35. The normalized spacial score (nSPS) is 15.6. The first-order valence-electron chi connectivity index (χ1n) is 6.13. The number of benzene rings is 2. The van der Waals surface area contributed by atoms with Crippen LogP contribution in [0.2, 0.25) is 0 Å². The molecular weight excluding hydrogens is 258 g/mol. The summed E-state index contributed by atoms with van der Waals surface area (Å²) in [5, 5.41) is 12.3. The van der Waals surface area contributed by atoms with Gasteiger partial charge in [-0.1, -0.05) is 24.3 Å². The first kappa shape index (κ1) is 12.3. The molecule has 1 atom stereocenters. The summed E-state index contributed by atoms with van der Waals surface area (Å²) in [5.41, 5.74) is 0.677. The average Bonchev–Trinajstić information content (AvgIpc) is 2.44. The van der Waals surface area contributed by atoms with Crippen LogP contribution in [0.3, 0.4) is 0 Å². The number of carboxylic acids is 1. The van der Waals surface area contributed by atoms with Crippen molar-refractivity contribution in [2.24, 2.45) is 0 Å². The molecule has 0 bridgehead atoms. The maximum Gasteiger partial charge on any atom is 0.262 e. The third kappa shape index (κ3) is 1.53. The molecule has 5 nitrogen and oxygen atoms in total. The smallest absolute Gasteiger partial charge is 0.262 e. The molecule has 2 aromatic rings. The lowest BCUT2D eigenvalue weighted by molar-refractivity contribution is -0.309. The van der Waals surface area contributed by atoms with Gasteiger partial charge in [-0.3, -0.25) is 14.5 Å². The van der Waals surface area contributed by atoms with E-state index >= 15 is 0 Å². The number of amides is 2. The Morgan fingerprint density at radius 2 is 1.55 bits per heavy atom. The highest BCUT2D eigenvalue weighted by atomic mass is 16.4. The molecule has 2 aromatic carbocycles. The zero-order valence-electron chi connectivity index (χ0n) is 10.6. The van der Waals surface area contributed by atoms with Crippen molar-refractivity contribution in [3.63, 3.8) is 0 Å². The quantitative estimate of drug-likeness (QED) is 0.746. The molecule has 5 heteroatoms. The lowest BCUT2D eigenvalue weighted by Gasteiger charge is -2.32. The lowest BCUT2D eigenvalue weighted by Crippen LogP contribution is -2.53. The zero-order valence-corrected chi connectivity index (χ0v) is 10.6. The molecule has 0 saturated carbocycles. The molecule has 0 aromatic heterocycles. The second-order valence-corrected chi connectivity index (χ2v) is 4.68. The second kappa shape index (κ2) is 4.16. The van der Waals surface area contributed by atoms with Crippen LogP contribution in [-0.4, -0.2) is 28.7 Å². The van der Waals surface area contributed by atoms with E-state index in [1.807, 2.05) is 0 Å². The number of hydrogen-bond acceptors (Lipinski definition) is 4. The van der Waals surface area contributed by atoms with Crippen LogP contribution in [-0.2, 0) is 4.79 Å². The predicted octanol–water partition coefficient (Wildman–Crippen LogP) is 0.574. The van der Waals surface area contributed by atoms with Gasteiger partial charge in [0.2, 0.25) is 0 Å². The first-order chi connectivity index (χ1) is 9.52. The number of carboxylic acid groups (broad SMARTS) is 1. The van der Waals surface area contributed by atoms with Gasteiger partial charge in [-0.2, -0.15) is 0 Å². The highest BCUT2D eigenvalue weighted by Crippen LogP contribution is 2.30. The van der Waals surface area contributed by atoms with E-state index in [2.05, 4.69) is 0 Å². The van der Waals surface area contributed by atoms with Crippen LogP contribution in [0.4, 0.5) is 0 Å². The summed E-state index contributed by atoms with van der Waals surface area (Å²) in [5.74, 6) is -2.66. The fraction of sp³-hybridized carbons (Fsp3) is 0.133. The molecule has 0 saturated heterocycles. The van der Waals surface area contributed by atoms with Gasteiger partial charge in [0, 0.05) is 16.5 Å². The summed E-state index contributed by atoms with van der Waals surface area (Å²) in [7, 11) is 0. The molecule has 2 amide bonds. The van der Waals surface area contributed by atoms with Crippen molar-refractivity contribution >= 4 is 28.6 Å². The van der Waals surface area contributed by atoms with E-state index in [1.54, 1.807) is 36.4 Å². The Morgan fingerprint density at radius 1 is 1.05 bits per heavy atom. The van der Waals surface area contributed by atoms with Crippen molar-refractivity contribution in [2.75, 3.05) is 0 Å². The number of rotatable bonds is 2. The summed E-state index contributed by atoms with van der Waals surface area (Å²) in [6, 6.07) is 8.90. The van der Waals surface area contributed by atoms with Crippen molar-refractivity contribution in [1.82, 2.24) is 4.90 Å². The summed E-state index contributed by atoms with van der Waals surface area (Å²) in [6.07, 6.45) is 0. The molecule has 0 N–H and O–H groups in total. The zero-order chi connectivity index (χ0) is 14.4. The molecule has 0 spiro atoms. The summed E-state index contributed by atoms with van der Waals surface area (Å²) < 4.78 is 0. The van der Waals surface area contributed by atoms with E-state index in [0.29, 0.717) is 16.5 Å². The van der Waals surface area contributed by atoms with Crippen LogP contribution in [0, 0.1) is 0 Å². The molecule has 1 aliphatic heterocycles. The third-order valence-corrected chi connectivity index (χ3v) is 3.53. The van der Waals surface area contributed by atoms with Crippen molar-refractivity contribution in [2.45, 2.75) is 13.0 Å². The largest absolute Gasteiger partial charge is 0.548 e. The van der Waals surface area contributed by atoms with Gasteiger partial charge in [0.15, 0.2) is 0 Å². The van der Waals surface area contributed by atoms with Crippen LogP contribution < -0.4 is 5.11 Å². The maximum absolute atomic E-state index is 12.4. The van der Waals surface area contributed by atoms with E-state index in [-0.39, 0.29) is 0 Å². The Kier molecular flexibility index (Phi) is 2.57. The number of aliphatic carboxylic acids is 1. The fourth-order valence-corrected chi connectivity index (χ4v) is 2.51. The number of imide groups is 1.